The average Bonchev–Trinajstić information content (AvgIpc) is 2.61. The predicted molar refractivity (Wildman–Crippen MR) is 104 cm³/mol. The van der Waals surface area contributed by atoms with Gasteiger partial charge in [0.25, 0.3) is 0 Å². The third-order valence-electron chi connectivity index (χ3n) is 4.27. The average molecular weight is 402 g/mol. The summed E-state index contributed by atoms with van der Waals surface area (Å²) in [4.78, 5) is 45.6. The highest BCUT2D eigenvalue weighted by atomic mass is 16.5. The molecule has 28 heavy (non-hydrogen) atoms. The Labute approximate surface area is 167 Å². The van der Waals surface area contributed by atoms with Gasteiger partial charge in [-0.1, -0.05) is 51.9 Å². The summed E-state index contributed by atoms with van der Waals surface area (Å²) in [6, 6.07) is -0.717. The molecule has 0 bridgehead atoms. The van der Waals surface area contributed by atoms with E-state index in [1.807, 2.05) is 0 Å². The lowest BCUT2D eigenvalue weighted by molar-refractivity contribution is -0.146. The number of carboxylic acids is 1. The third-order valence-corrected chi connectivity index (χ3v) is 4.27. The summed E-state index contributed by atoms with van der Waals surface area (Å²) in [7, 11) is 0. The molecule has 0 aliphatic carbocycles. The van der Waals surface area contributed by atoms with Gasteiger partial charge >= 0.3 is 17.9 Å². The Balaban J connectivity index is 4.59. The molecule has 0 unspecified atom stereocenters. The fourth-order valence-corrected chi connectivity index (χ4v) is 2.77. The minimum atomic E-state index is -1.04. The van der Waals surface area contributed by atoms with Crippen molar-refractivity contribution >= 4 is 23.8 Å². The molecule has 0 saturated heterocycles. The van der Waals surface area contributed by atoms with Gasteiger partial charge in [-0.3, -0.25) is 19.2 Å². The summed E-state index contributed by atoms with van der Waals surface area (Å²) in [5, 5.41) is 11.7. The maximum absolute atomic E-state index is 12.5. The lowest BCUT2D eigenvalue weighted by Gasteiger charge is -2.21. The monoisotopic (exact) mass is 401 g/mol. The number of hydrogen-bond donors (Lipinski definition) is 2. The van der Waals surface area contributed by atoms with E-state index in [1.54, 1.807) is 0 Å². The van der Waals surface area contributed by atoms with Crippen LogP contribution in [0.5, 0.6) is 0 Å². The first-order valence-corrected chi connectivity index (χ1v) is 10.0. The minimum Gasteiger partial charge on any atom is -0.481 e. The van der Waals surface area contributed by atoms with Crippen molar-refractivity contribution in [2.45, 2.75) is 84.6 Å². The molecular formula is C20H35NO7. The SMILES string of the molecule is CCCCCCCCC[C@H](CC(=O)O)C(=O)NC(COC(C)=O)COC(C)=O. The Morgan fingerprint density at radius 2 is 1.36 bits per heavy atom. The number of carbonyl (C=O) groups is 4. The molecule has 0 aromatic rings. The predicted octanol–water partition coefficient (Wildman–Crippen LogP) is 2.83. The Morgan fingerprint density at radius 3 is 1.82 bits per heavy atom. The van der Waals surface area contributed by atoms with E-state index in [4.69, 9.17) is 14.6 Å². The molecule has 0 saturated carbocycles. The second-order valence-corrected chi connectivity index (χ2v) is 7.02. The van der Waals surface area contributed by atoms with Crippen molar-refractivity contribution in [3.8, 4) is 0 Å². The fourth-order valence-electron chi connectivity index (χ4n) is 2.77. The van der Waals surface area contributed by atoms with E-state index < -0.39 is 35.8 Å². The largest absolute Gasteiger partial charge is 0.481 e. The van der Waals surface area contributed by atoms with Gasteiger partial charge in [0.15, 0.2) is 0 Å². The van der Waals surface area contributed by atoms with Gasteiger partial charge in [0.05, 0.1) is 12.5 Å². The Hall–Kier alpha value is -2.12. The van der Waals surface area contributed by atoms with Crippen LogP contribution < -0.4 is 5.32 Å². The van der Waals surface area contributed by atoms with Gasteiger partial charge in [0.1, 0.15) is 13.2 Å². The van der Waals surface area contributed by atoms with Crippen LogP contribution in [0.1, 0.15) is 78.6 Å². The first kappa shape index (κ1) is 25.9. The van der Waals surface area contributed by atoms with Crippen LogP contribution in [0.4, 0.5) is 0 Å². The van der Waals surface area contributed by atoms with E-state index in [1.165, 1.54) is 33.1 Å². The lowest BCUT2D eigenvalue weighted by atomic mass is 9.96. The van der Waals surface area contributed by atoms with Crippen molar-refractivity contribution in [3.05, 3.63) is 0 Å². The quantitative estimate of drug-likeness (QED) is 0.301. The number of rotatable bonds is 16. The Kier molecular flexibility index (Phi) is 14.7. The zero-order valence-electron chi connectivity index (χ0n) is 17.3. The van der Waals surface area contributed by atoms with E-state index in [0.29, 0.717) is 6.42 Å². The van der Waals surface area contributed by atoms with Crippen LogP contribution in [0, 0.1) is 5.92 Å². The molecule has 0 heterocycles. The van der Waals surface area contributed by atoms with E-state index >= 15 is 0 Å². The summed E-state index contributed by atoms with van der Waals surface area (Å²) in [5.74, 6) is -3.19. The number of carbonyl (C=O) groups excluding carboxylic acids is 3. The molecular weight excluding hydrogens is 366 g/mol. The minimum absolute atomic E-state index is 0.147. The Morgan fingerprint density at radius 1 is 0.857 bits per heavy atom. The second kappa shape index (κ2) is 15.9. The molecule has 0 rings (SSSR count). The number of nitrogens with one attached hydrogen (secondary N) is 1. The number of ether oxygens (including phenoxy) is 2. The van der Waals surface area contributed by atoms with Crippen molar-refractivity contribution in [2.24, 2.45) is 5.92 Å². The summed E-state index contributed by atoms with van der Waals surface area (Å²) >= 11 is 0. The zero-order chi connectivity index (χ0) is 21.4. The van der Waals surface area contributed by atoms with Crippen LogP contribution in [0.25, 0.3) is 0 Å². The number of hydrogen-bond acceptors (Lipinski definition) is 6. The van der Waals surface area contributed by atoms with Gasteiger partial charge in [-0.25, -0.2) is 0 Å². The van der Waals surface area contributed by atoms with Crippen molar-refractivity contribution < 1.29 is 33.8 Å². The smallest absolute Gasteiger partial charge is 0.304 e. The van der Waals surface area contributed by atoms with Gasteiger partial charge in [-0.2, -0.15) is 0 Å². The summed E-state index contributed by atoms with van der Waals surface area (Å²) in [6.45, 7) is 4.33. The summed E-state index contributed by atoms with van der Waals surface area (Å²) < 4.78 is 9.76. The van der Waals surface area contributed by atoms with E-state index in [9.17, 15) is 19.2 Å². The van der Waals surface area contributed by atoms with Gasteiger partial charge in [-0.05, 0) is 6.42 Å². The molecule has 0 aliphatic rings. The molecule has 1 atom stereocenters. The van der Waals surface area contributed by atoms with Crippen molar-refractivity contribution in [2.75, 3.05) is 13.2 Å². The molecule has 8 nitrogen and oxygen atoms in total. The van der Waals surface area contributed by atoms with Crippen LogP contribution in [0.3, 0.4) is 0 Å². The van der Waals surface area contributed by atoms with E-state index in [2.05, 4.69) is 12.2 Å². The number of aliphatic carboxylic acids is 1. The number of carboxylic acid groups (broad SMARTS) is 1. The molecule has 0 radical (unpaired) electrons. The molecule has 0 aromatic heterocycles. The summed E-state index contributed by atoms with van der Waals surface area (Å²) in [6.07, 6.45) is 7.75. The second-order valence-electron chi connectivity index (χ2n) is 7.02. The van der Waals surface area contributed by atoms with Crippen LogP contribution in [0.15, 0.2) is 0 Å². The third kappa shape index (κ3) is 15.0. The molecule has 0 aliphatic heterocycles. The first-order valence-electron chi connectivity index (χ1n) is 10.0. The zero-order valence-corrected chi connectivity index (χ0v) is 17.3. The van der Waals surface area contributed by atoms with Crippen LogP contribution in [-0.2, 0) is 28.7 Å². The van der Waals surface area contributed by atoms with Crippen LogP contribution >= 0.6 is 0 Å². The molecule has 2 N–H and O–H groups in total. The number of amides is 1. The van der Waals surface area contributed by atoms with E-state index in [0.717, 1.165) is 25.7 Å². The van der Waals surface area contributed by atoms with Gasteiger partial charge in [0, 0.05) is 19.8 Å². The number of esters is 2. The topological polar surface area (TPSA) is 119 Å². The molecule has 1 amide bonds. The highest BCUT2D eigenvalue weighted by Crippen LogP contribution is 2.16. The lowest BCUT2D eigenvalue weighted by Crippen LogP contribution is -2.45. The molecule has 0 aromatic carbocycles. The molecule has 162 valence electrons. The molecule has 0 spiro atoms. The van der Waals surface area contributed by atoms with Crippen LogP contribution in [0.2, 0.25) is 0 Å². The normalized spacial score (nSPS) is 11.7. The van der Waals surface area contributed by atoms with Crippen molar-refractivity contribution in [3.63, 3.8) is 0 Å². The molecule has 8 heteroatoms. The van der Waals surface area contributed by atoms with Crippen LogP contribution in [-0.4, -0.2) is 48.2 Å². The highest BCUT2D eigenvalue weighted by Gasteiger charge is 2.24. The van der Waals surface area contributed by atoms with Gasteiger partial charge < -0.3 is 19.9 Å². The van der Waals surface area contributed by atoms with Crippen molar-refractivity contribution in [1.82, 2.24) is 5.32 Å². The highest BCUT2D eigenvalue weighted by molar-refractivity contribution is 5.83. The van der Waals surface area contributed by atoms with E-state index in [-0.39, 0.29) is 19.6 Å². The van der Waals surface area contributed by atoms with Gasteiger partial charge in [-0.15, -0.1) is 0 Å². The Bertz CT molecular complexity index is 475. The van der Waals surface area contributed by atoms with Gasteiger partial charge in [0.2, 0.25) is 5.91 Å². The summed E-state index contributed by atoms with van der Waals surface area (Å²) in [5.41, 5.74) is 0. The first-order chi connectivity index (χ1) is 13.3. The maximum atomic E-state index is 12.5. The van der Waals surface area contributed by atoms with Crippen molar-refractivity contribution in [1.29, 1.82) is 0 Å². The standard InChI is InChI=1S/C20H35NO7/c1-4-5-6-7-8-9-10-11-17(12-19(24)25)20(26)21-18(13-27-15(2)22)14-28-16(3)23/h17-18H,4-14H2,1-3H3,(H,21,26)(H,24,25)/t17-/m1/s1. The maximum Gasteiger partial charge on any atom is 0.304 e. The number of unbranched alkanes of at least 4 members (excludes halogenated alkanes) is 6. The fraction of sp³-hybridized carbons (Fsp3) is 0.800. The molecule has 0 fully saturated rings.